The largest absolute Gasteiger partial charge is 0.477 e. The summed E-state index contributed by atoms with van der Waals surface area (Å²) >= 11 is 0. The predicted octanol–water partition coefficient (Wildman–Crippen LogP) is 1.56. The highest BCUT2D eigenvalue weighted by Gasteiger charge is 2.08. The van der Waals surface area contributed by atoms with E-state index in [9.17, 15) is 9.59 Å². The summed E-state index contributed by atoms with van der Waals surface area (Å²) < 4.78 is 0. The first-order chi connectivity index (χ1) is 8.00. The maximum absolute atomic E-state index is 11.6. The third-order valence-electron chi connectivity index (χ3n) is 2.25. The van der Waals surface area contributed by atoms with Crippen molar-refractivity contribution in [3.63, 3.8) is 0 Å². The quantitative estimate of drug-likeness (QED) is 0.813. The van der Waals surface area contributed by atoms with Gasteiger partial charge in [0, 0.05) is 12.7 Å². The number of rotatable bonds is 5. The summed E-state index contributed by atoms with van der Waals surface area (Å²) in [5.41, 5.74) is 0.308. The lowest BCUT2D eigenvalue weighted by molar-refractivity contribution is 0.0689. The predicted molar refractivity (Wildman–Crippen MR) is 63.0 cm³/mol. The monoisotopic (exact) mass is 236 g/mol. The Balaban J connectivity index is 2.55. The van der Waals surface area contributed by atoms with E-state index in [0.29, 0.717) is 18.0 Å². The SMILES string of the molecule is CC(C)CCNC(=O)c1ccc(C(=O)O)nc1. The Bertz CT molecular complexity index is 399. The van der Waals surface area contributed by atoms with Gasteiger partial charge in [0.2, 0.25) is 0 Å². The molecule has 1 heterocycles. The molecule has 0 saturated heterocycles. The van der Waals surface area contributed by atoms with Gasteiger partial charge in [0.05, 0.1) is 5.56 Å². The number of pyridine rings is 1. The molecule has 0 aliphatic rings. The molecule has 1 rings (SSSR count). The molecule has 17 heavy (non-hydrogen) atoms. The molecule has 0 spiro atoms. The lowest BCUT2D eigenvalue weighted by atomic mass is 10.1. The molecule has 0 radical (unpaired) electrons. The van der Waals surface area contributed by atoms with Gasteiger partial charge in [-0.05, 0) is 24.5 Å². The van der Waals surface area contributed by atoms with Crippen molar-refractivity contribution in [3.05, 3.63) is 29.6 Å². The fourth-order valence-electron chi connectivity index (χ4n) is 1.23. The van der Waals surface area contributed by atoms with Crippen LogP contribution >= 0.6 is 0 Å². The van der Waals surface area contributed by atoms with Gasteiger partial charge in [0.25, 0.3) is 5.91 Å². The van der Waals surface area contributed by atoms with Crippen molar-refractivity contribution < 1.29 is 14.7 Å². The summed E-state index contributed by atoms with van der Waals surface area (Å²) in [4.78, 5) is 25.9. The number of aromatic nitrogens is 1. The van der Waals surface area contributed by atoms with E-state index in [1.54, 1.807) is 0 Å². The minimum Gasteiger partial charge on any atom is -0.477 e. The summed E-state index contributed by atoms with van der Waals surface area (Å²) in [5.74, 6) is -0.797. The zero-order valence-corrected chi connectivity index (χ0v) is 9.93. The number of hydrogen-bond acceptors (Lipinski definition) is 3. The molecule has 1 aromatic heterocycles. The maximum Gasteiger partial charge on any atom is 0.354 e. The van der Waals surface area contributed by atoms with Gasteiger partial charge in [0.1, 0.15) is 5.69 Å². The number of nitrogens with zero attached hydrogens (tertiary/aromatic N) is 1. The fraction of sp³-hybridized carbons (Fsp3) is 0.417. The van der Waals surface area contributed by atoms with E-state index in [1.807, 2.05) is 0 Å². The number of carboxylic acid groups (broad SMARTS) is 1. The van der Waals surface area contributed by atoms with Gasteiger partial charge in [-0.2, -0.15) is 0 Å². The summed E-state index contributed by atoms with van der Waals surface area (Å²) in [7, 11) is 0. The van der Waals surface area contributed by atoms with Crippen LogP contribution in [-0.4, -0.2) is 28.5 Å². The second kappa shape index (κ2) is 5.98. The molecule has 0 saturated carbocycles. The Labute approximate surface area is 99.9 Å². The van der Waals surface area contributed by atoms with Gasteiger partial charge < -0.3 is 10.4 Å². The Morgan fingerprint density at radius 1 is 1.41 bits per heavy atom. The molecule has 5 nitrogen and oxygen atoms in total. The summed E-state index contributed by atoms with van der Waals surface area (Å²) in [6.45, 7) is 4.77. The molecule has 2 N–H and O–H groups in total. The molecular weight excluding hydrogens is 220 g/mol. The smallest absolute Gasteiger partial charge is 0.354 e. The van der Waals surface area contributed by atoms with Crippen LogP contribution in [0, 0.1) is 5.92 Å². The molecule has 0 aliphatic carbocycles. The zero-order valence-electron chi connectivity index (χ0n) is 9.93. The van der Waals surface area contributed by atoms with Crippen molar-refractivity contribution in [2.24, 2.45) is 5.92 Å². The first kappa shape index (κ1) is 13.2. The van der Waals surface area contributed by atoms with Gasteiger partial charge in [-0.25, -0.2) is 9.78 Å². The van der Waals surface area contributed by atoms with Crippen LogP contribution in [-0.2, 0) is 0 Å². The molecule has 0 fully saturated rings. The minimum atomic E-state index is -1.10. The van der Waals surface area contributed by atoms with E-state index in [0.717, 1.165) is 6.42 Å². The first-order valence-electron chi connectivity index (χ1n) is 5.48. The van der Waals surface area contributed by atoms with Crippen molar-refractivity contribution in [1.82, 2.24) is 10.3 Å². The third kappa shape index (κ3) is 4.22. The Kier molecular flexibility index (Phi) is 4.63. The average Bonchev–Trinajstić information content (AvgIpc) is 2.28. The van der Waals surface area contributed by atoms with Gasteiger partial charge in [-0.15, -0.1) is 0 Å². The fourth-order valence-corrected chi connectivity index (χ4v) is 1.23. The molecule has 0 aromatic carbocycles. The van der Waals surface area contributed by atoms with Crippen LogP contribution in [0.15, 0.2) is 18.3 Å². The lowest BCUT2D eigenvalue weighted by Gasteiger charge is -2.06. The van der Waals surface area contributed by atoms with Crippen LogP contribution in [0.2, 0.25) is 0 Å². The minimum absolute atomic E-state index is 0.0660. The van der Waals surface area contributed by atoms with Crippen molar-refractivity contribution in [3.8, 4) is 0 Å². The second-order valence-electron chi connectivity index (χ2n) is 4.18. The van der Waals surface area contributed by atoms with Crippen LogP contribution in [0.1, 0.15) is 41.1 Å². The number of carbonyl (C=O) groups is 2. The van der Waals surface area contributed by atoms with E-state index >= 15 is 0 Å². The number of carbonyl (C=O) groups excluding carboxylic acids is 1. The highest BCUT2D eigenvalue weighted by molar-refractivity contribution is 5.94. The summed E-state index contributed by atoms with van der Waals surface area (Å²) in [6.07, 6.45) is 2.18. The number of aromatic carboxylic acids is 1. The summed E-state index contributed by atoms with van der Waals surface area (Å²) in [5, 5.41) is 11.4. The molecule has 1 aromatic rings. The number of carboxylic acids is 1. The van der Waals surface area contributed by atoms with Crippen molar-refractivity contribution >= 4 is 11.9 Å². The van der Waals surface area contributed by atoms with E-state index in [-0.39, 0.29) is 11.6 Å². The van der Waals surface area contributed by atoms with E-state index < -0.39 is 5.97 Å². The van der Waals surface area contributed by atoms with Gasteiger partial charge in [-0.3, -0.25) is 4.79 Å². The van der Waals surface area contributed by atoms with Crippen LogP contribution in [0.4, 0.5) is 0 Å². The molecule has 0 aliphatic heterocycles. The highest BCUT2D eigenvalue weighted by atomic mass is 16.4. The van der Waals surface area contributed by atoms with Crippen molar-refractivity contribution in [2.45, 2.75) is 20.3 Å². The number of hydrogen-bond donors (Lipinski definition) is 2. The van der Waals surface area contributed by atoms with Crippen molar-refractivity contribution in [1.29, 1.82) is 0 Å². The topological polar surface area (TPSA) is 79.3 Å². The van der Waals surface area contributed by atoms with Crippen LogP contribution in [0.25, 0.3) is 0 Å². The van der Waals surface area contributed by atoms with E-state index in [4.69, 9.17) is 5.11 Å². The molecular formula is C12H16N2O3. The third-order valence-corrected chi connectivity index (χ3v) is 2.25. The molecule has 0 bridgehead atoms. The second-order valence-corrected chi connectivity index (χ2v) is 4.18. The Morgan fingerprint density at radius 2 is 2.12 bits per heavy atom. The van der Waals surface area contributed by atoms with E-state index in [1.165, 1.54) is 18.3 Å². The Morgan fingerprint density at radius 3 is 2.59 bits per heavy atom. The summed E-state index contributed by atoms with van der Waals surface area (Å²) in [6, 6.07) is 2.78. The normalized spacial score (nSPS) is 10.3. The van der Waals surface area contributed by atoms with Gasteiger partial charge in [0.15, 0.2) is 0 Å². The zero-order chi connectivity index (χ0) is 12.8. The van der Waals surface area contributed by atoms with Crippen molar-refractivity contribution in [2.75, 3.05) is 6.54 Å². The molecule has 5 heteroatoms. The Hall–Kier alpha value is -1.91. The van der Waals surface area contributed by atoms with E-state index in [2.05, 4.69) is 24.1 Å². The molecule has 0 atom stereocenters. The number of nitrogens with one attached hydrogen (secondary N) is 1. The molecule has 92 valence electrons. The highest BCUT2D eigenvalue weighted by Crippen LogP contribution is 2.01. The standard InChI is InChI=1S/C12H16N2O3/c1-8(2)5-6-13-11(15)9-3-4-10(12(16)17)14-7-9/h3-4,7-8H,5-6H2,1-2H3,(H,13,15)(H,16,17). The average molecular weight is 236 g/mol. The van der Waals surface area contributed by atoms with Crippen LogP contribution < -0.4 is 5.32 Å². The van der Waals surface area contributed by atoms with Gasteiger partial charge >= 0.3 is 5.97 Å². The van der Waals surface area contributed by atoms with Crippen LogP contribution in [0.3, 0.4) is 0 Å². The van der Waals surface area contributed by atoms with Crippen LogP contribution in [0.5, 0.6) is 0 Å². The first-order valence-corrected chi connectivity index (χ1v) is 5.48. The molecule has 1 amide bonds. The maximum atomic E-state index is 11.6. The molecule has 0 unspecified atom stereocenters. The lowest BCUT2D eigenvalue weighted by Crippen LogP contribution is -2.25. The number of amides is 1. The van der Waals surface area contributed by atoms with Gasteiger partial charge in [-0.1, -0.05) is 13.8 Å².